The molecule has 2 atom stereocenters. The normalized spacial score (nSPS) is 24.7. The fourth-order valence-electron chi connectivity index (χ4n) is 4.34. The van der Waals surface area contributed by atoms with Gasteiger partial charge in [-0.2, -0.15) is 0 Å². The number of fused-ring (bicyclic) bond motifs is 5. The Morgan fingerprint density at radius 3 is 3.04 bits per heavy atom. The minimum atomic E-state index is 0.144. The van der Waals surface area contributed by atoms with Crippen molar-refractivity contribution in [3.05, 3.63) is 51.9 Å². The SMILES string of the molecule is O=c1cc(-c2ccc3c(c2)CCO3)cc2n1C[C@@H]1CNC[C@H]2C1. The molecular formula is C19H20N2O2. The summed E-state index contributed by atoms with van der Waals surface area (Å²) >= 11 is 0. The van der Waals surface area contributed by atoms with Gasteiger partial charge in [0.15, 0.2) is 0 Å². The Morgan fingerprint density at radius 1 is 1.13 bits per heavy atom. The van der Waals surface area contributed by atoms with Gasteiger partial charge in [0.2, 0.25) is 0 Å². The number of pyridine rings is 1. The van der Waals surface area contributed by atoms with Crippen molar-refractivity contribution in [1.82, 2.24) is 9.88 Å². The number of hydrogen-bond donors (Lipinski definition) is 1. The summed E-state index contributed by atoms with van der Waals surface area (Å²) in [7, 11) is 0. The highest BCUT2D eigenvalue weighted by Crippen LogP contribution is 2.35. The van der Waals surface area contributed by atoms with E-state index in [0.29, 0.717) is 11.8 Å². The van der Waals surface area contributed by atoms with Crippen molar-refractivity contribution in [2.75, 3.05) is 19.7 Å². The van der Waals surface area contributed by atoms with Crippen molar-refractivity contribution < 1.29 is 4.74 Å². The van der Waals surface area contributed by atoms with E-state index in [-0.39, 0.29) is 5.56 Å². The minimum Gasteiger partial charge on any atom is -0.493 e. The molecule has 0 aliphatic carbocycles. The molecule has 1 N–H and O–H groups in total. The Morgan fingerprint density at radius 2 is 2.09 bits per heavy atom. The topological polar surface area (TPSA) is 43.3 Å². The molecule has 1 aromatic carbocycles. The van der Waals surface area contributed by atoms with Gasteiger partial charge in [0, 0.05) is 37.2 Å². The first-order chi connectivity index (χ1) is 11.3. The van der Waals surface area contributed by atoms with Gasteiger partial charge in [0.1, 0.15) is 5.75 Å². The minimum absolute atomic E-state index is 0.144. The zero-order chi connectivity index (χ0) is 15.4. The predicted octanol–water partition coefficient (Wildman–Crippen LogP) is 2.16. The van der Waals surface area contributed by atoms with Crippen LogP contribution in [0.3, 0.4) is 0 Å². The summed E-state index contributed by atoms with van der Waals surface area (Å²) < 4.78 is 7.58. The highest BCUT2D eigenvalue weighted by Gasteiger charge is 2.31. The van der Waals surface area contributed by atoms with E-state index < -0.39 is 0 Å². The summed E-state index contributed by atoms with van der Waals surface area (Å²) in [4.78, 5) is 12.6. The van der Waals surface area contributed by atoms with Crippen LogP contribution in [0, 0.1) is 5.92 Å². The Bertz CT molecular complexity index is 840. The summed E-state index contributed by atoms with van der Waals surface area (Å²) in [6, 6.07) is 10.3. The highest BCUT2D eigenvalue weighted by atomic mass is 16.5. The maximum Gasteiger partial charge on any atom is 0.251 e. The van der Waals surface area contributed by atoms with Crippen LogP contribution in [0.15, 0.2) is 35.1 Å². The molecule has 0 amide bonds. The van der Waals surface area contributed by atoms with Crippen LogP contribution >= 0.6 is 0 Å². The maximum atomic E-state index is 12.6. The number of rotatable bonds is 1. The molecule has 0 unspecified atom stereocenters. The van der Waals surface area contributed by atoms with Crippen molar-refractivity contribution >= 4 is 0 Å². The first-order valence-corrected chi connectivity index (χ1v) is 8.49. The number of hydrogen-bond acceptors (Lipinski definition) is 3. The lowest BCUT2D eigenvalue weighted by molar-refractivity contribution is 0.257. The molecule has 4 nitrogen and oxygen atoms in total. The molecule has 1 saturated heterocycles. The molecule has 1 fully saturated rings. The first-order valence-electron chi connectivity index (χ1n) is 8.49. The van der Waals surface area contributed by atoms with Crippen LogP contribution < -0.4 is 15.6 Å². The number of piperidine rings is 1. The first kappa shape index (κ1) is 13.4. The number of ether oxygens (including phenoxy) is 1. The van der Waals surface area contributed by atoms with E-state index >= 15 is 0 Å². The molecule has 4 heterocycles. The zero-order valence-corrected chi connectivity index (χ0v) is 13.0. The molecule has 4 heteroatoms. The summed E-state index contributed by atoms with van der Waals surface area (Å²) in [5.74, 6) is 2.05. The van der Waals surface area contributed by atoms with E-state index in [1.807, 2.05) is 10.6 Å². The van der Waals surface area contributed by atoms with Crippen molar-refractivity contribution in [1.29, 1.82) is 0 Å². The maximum absolute atomic E-state index is 12.6. The van der Waals surface area contributed by atoms with Gasteiger partial charge in [0.05, 0.1) is 6.61 Å². The number of benzene rings is 1. The lowest BCUT2D eigenvalue weighted by Crippen LogP contribution is -2.44. The zero-order valence-electron chi connectivity index (χ0n) is 13.0. The lowest BCUT2D eigenvalue weighted by atomic mass is 9.83. The van der Waals surface area contributed by atoms with Crippen molar-refractivity contribution in [2.45, 2.75) is 25.3 Å². The van der Waals surface area contributed by atoms with Crippen LogP contribution in [-0.4, -0.2) is 24.3 Å². The van der Waals surface area contributed by atoms with Crippen LogP contribution in [0.2, 0.25) is 0 Å². The molecule has 0 saturated carbocycles. The number of aromatic nitrogens is 1. The van der Waals surface area contributed by atoms with E-state index in [9.17, 15) is 4.79 Å². The Kier molecular flexibility index (Phi) is 2.89. The molecular weight excluding hydrogens is 288 g/mol. The third-order valence-electron chi connectivity index (χ3n) is 5.48. The van der Waals surface area contributed by atoms with Gasteiger partial charge in [-0.3, -0.25) is 4.79 Å². The van der Waals surface area contributed by atoms with Crippen molar-refractivity contribution in [3.8, 4) is 16.9 Å². The van der Waals surface area contributed by atoms with Crippen LogP contribution in [0.1, 0.15) is 23.6 Å². The summed E-state index contributed by atoms with van der Waals surface area (Å²) in [6.07, 6.45) is 2.16. The molecule has 0 spiro atoms. The molecule has 23 heavy (non-hydrogen) atoms. The average molecular weight is 308 g/mol. The van der Waals surface area contributed by atoms with Gasteiger partial charge in [-0.05, 0) is 53.8 Å². The molecule has 1 aromatic heterocycles. The van der Waals surface area contributed by atoms with Gasteiger partial charge in [-0.25, -0.2) is 0 Å². The average Bonchev–Trinajstić information content (AvgIpc) is 3.03. The summed E-state index contributed by atoms with van der Waals surface area (Å²) in [6.45, 7) is 3.64. The second-order valence-electron chi connectivity index (χ2n) is 7.00. The van der Waals surface area contributed by atoms with Gasteiger partial charge in [-0.1, -0.05) is 6.07 Å². The van der Waals surface area contributed by atoms with E-state index in [0.717, 1.165) is 49.5 Å². The third-order valence-corrected chi connectivity index (χ3v) is 5.48. The smallest absolute Gasteiger partial charge is 0.251 e. The lowest BCUT2D eigenvalue weighted by Gasteiger charge is -2.37. The van der Waals surface area contributed by atoms with Crippen LogP contribution in [-0.2, 0) is 13.0 Å². The monoisotopic (exact) mass is 308 g/mol. The molecule has 0 radical (unpaired) electrons. The quantitative estimate of drug-likeness (QED) is 0.878. The largest absolute Gasteiger partial charge is 0.493 e. The van der Waals surface area contributed by atoms with Crippen molar-refractivity contribution in [2.24, 2.45) is 5.92 Å². The highest BCUT2D eigenvalue weighted by molar-refractivity contribution is 5.66. The van der Waals surface area contributed by atoms with E-state index in [4.69, 9.17) is 4.74 Å². The van der Waals surface area contributed by atoms with Gasteiger partial charge in [-0.15, -0.1) is 0 Å². The van der Waals surface area contributed by atoms with Crippen LogP contribution in [0.4, 0.5) is 0 Å². The fraction of sp³-hybridized carbons (Fsp3) is 0.421. The number of nitrogens with one attached hydrogen (secondary N) is 1. The molecule has 3 aliphatic rings. The predicted molar refractivity (Wildman–Crippen MR) is 89.1 cm³/mol. The molecule has 3 aliphatic heterocycles. The molecule has 2 bridgehead atoms. The van der Waals surface area contributed by atoms with E-state index in [2.05, 4.69) is 23.5 Å². The van der Waals surface area contributed by atoms with Crippen LogP contribution in [0.25, 0.3) is 11.1 Å². The van der Waals surface area contributed by atoms with E-state index in [1.165, 1.54) is 17.7 Å². The molecule has 2 aromatic rings. The Labute approximate surface area is 135 Å². The number of nitrogens with zero attached hydrogens (tertiary/aromatic N) is 1. The second-order valence-corrected chi connectivity index (χ2v) is 7.00. The van der Waals surface area contributed by atoms with Gasteiger partial charge in [0.25, 0.3) is 5.56 Å². The molecule has 118 valence electrons. The second kappa shape index (κ2) is 4.96. The Hall–Kier alpha value is -2.07. The van der Waals surface area contributed by atoms with Crippen molar-refractivity contribution in [3.63, 3.8) is 0 Å². The summed E-state index contributed by atoms with van der Waals surface area (Å²) in [5.41, 5.74) is 4.76. The third kappa shape index (κ3) is 2.12. The molecule has 5 rings (SSSR count). The van der Waals surface area contributed by atoms with Gasteiger partial charge >= 0.3 is 0 Å². The standard InChI is InChI=1S/C19H20N2O2/c22-19-8-15(13-1-2-18-14(6-13)3-4-23-18)7-17-16-5-12(9-20-10-16)11-21(17)19/h1-2,6-8,12,16,20H,3-5,9-11H2/t12-,16+/m0/s1. The van der Waals surface area contributed by atoms with Gasteiger partial charge < -0.3 is 14.6 Å². The Balaban J connectivity index is 1.62. The van der Waals surface area contributed by atoms with Crippen LogP contribution in [0.5, 0.6) is 5.75 Å². The van der Waals surface area contributed by atoms with E-state index in [1.54, 1.807) is 6.07 Å². The summed E-state index contributed by atoms with van der Waals surface area (Å²) in [5, 5.41) is 3.51. The fourth-order valence-corrected chi connectivity index (χ4v) is 4.34.